The second kappa shape index (κ2) is 6.66. The highest BCUT2D eigenvalue weighted by atomic mass is 19.1. The summed E-state index contributed by atoms with van der Waals surface area (Å²) < 4.78 is 16.9. The fourth-order valence-corrected chi connectivity index (χ4v) is 2.46. The first kappa shape index (κ1) is 15.9. The average molecular weight is 327 g/mol. The standard InChI is InChI=1S/C17H18FN5O/c1-12-7-8-19-23(12)13(2)17(24)21-15-9-20-22(11-15)10-14-5-3-4-6-16(14)18/h3-9,11,13H,10H2,1-2H3,(H,21,24). The van der Waals surface area contributed by atoms with Crippen molar-refractivity contribution in [3.8, 4) is 0 Å². The molecule has 0 spiro atoms. The number of aryl methyl sites for hydroxylation is 1. The first-order valence-electron chi connectivity index (χ1n) is 7.61. The SMILES string of the molecule is Cc1ccnn1C(C)C(=O)Nc1cnn(Cc2ccccc2F)c1. The van der Waals surface area contributed by atoms with Gasteiger partial charge in [-0.05, 0) is 26.0 Å². The van der Waals surface area contributed by atoms with Gasteiger partial charge in [-0.15, -0.1) is 0 Å². The number of amides is 1. The zero-order valence-electron chi connectivity index (χ0n) is 13.5. The molecular formula is C17H18FN5O. The van der Waals surface area contributed by atoms with Crippen molar-refractivity contribution in [1.29, 1.82) is 0 Å². The van der Waals surface area contributed by atoms with Crippen LogP contribution in [0.5, 0.6) is 0 Å². The number of nitrogens with one attached hydrogen (secondary N) is 1. The molecule has 2 heterocycles. The van der Waals surface area contributed by atoms with E-state index in [1.54, 1.807) is 53.1 Å². The van der Waals surface area contributed by atoms with Gasteiger partial charge in [0.15, 0.2) is 0 Å². The molecule has 0 saturated carbocycles. The van der Waals surface area contributed by atoms with E-state index >= 15 is 0 Å². The molecule has 1 aromatic carbocycles. The third-order valence-corrected chi connectivity index (χ3v) is 3.81. The van der Waals surface area contributed by atoms with Crippen molar-refractivity contribution >= 4 is 11.6 Å². The van der Waals surface area contributed by atoms with Crippen LogP contribution in [0.25, 0.3) is 0 Å². The van der Waals surface area contributed by atoms with Crippen molar-refractivity contribution in [2.45, 2.75) is 26.4 Å². The topological polar surface area (TPSA) is 64.7 Å². The minimum absolute atomic E-state index is 0.188. The van der Waals surface area contributed by atoms with Crippen molar-refractivity contribution in [2.75, 3.05) is 5.32 Å². The summed E-state index contributed by atoms with van der Waals surface area (Å²) >= 11 is 0. The number of rotatable bonds is 5. The van der Waals surface area contributed by atoms with Crippen molar-refractivity contribution in [2.24, 2.45) is 0 Å². The van der Waals surface area contributed by atoms with Crippen molar-refractivity contribution in [1.82, 2.24) is 19.6 Å². The Labute approximate surface area is 138 Å². The van der Waals surface area contributed by atoms with E-state index in [0.29, 0.717) is 17.8 Å². The lowest BCUT2D eigenvalue weighted by Gasteiger charge is -2.13. The van der Waals surface area contributed by atoms with E-state index in [0.717, 1.165) is 5.69 Å². The predicted octanol–water partition coefficient (Wildman–Crippen LogP) is 2.78. The smallest absolute Gasteiger partial charge is 0.249 e. The Kier molecular flexibility index (Phi) is 4.41. The maximum atomic E-state index is 13.7. The number of hydrogen-bond donors (Lipinski definition) is 1. The van der Waals surface area contributed by atoms with Crippen LogP contribution in [0, 0.1) is 12.7 Å². The molecule has 3 rings (SSSR count). The van der Waals surface area contributed by atoms with Gasteiger partial charge >= 0.3 is 0 Å². The van der Waals surface area contributed by atoms with Crippen LogP contribution in [0.1, 0.15) is 24.2 Å². The second-order valence-electron chi connectivity index (χ2n) is 5.60. The van der Waals surface area contributed by atoms with Gasteiger partial charge < -0.3 is 5.32 Å². The zero-order chi connectivity index (χ0) is 17.1. The first-order valence-corrected chi connectivity index (χ1v) is 7.61. The Bertz CT molecular complexity index is 854. The van der Waals surface area contributed by atoms with Crippen LogP contribution in [0.3, 0.4) is 0 Å². The summed E-state index contributed by atoms with van der Waals surface area (Å²) in [7, 11) is 0. The number of carbonyl (C=O) groups excluding carboxylic acids is 1. The molecular weight excluding hydrogens is 309 g/mol. The minimum Gasteiger partial charge on any atom is -0.322 e. The van der Waals surface area contributed by atoms with Gasteiger partial charge in [0, 0.05) is 23.7 Å². The van der Waals surface area contributed by atoms with Crippen LogP contribution in [0.15, 0.2) is 48.9 Å². The average Bonchev–Trinajstić information content (AvgIpc) is 3.18. The third kappa shape index (κ3) is 3.34. The van der Waals surface area contributed by atoms with Crippen molar-refractivity contribution in [3.63, 3.8) is 0 Å². The van der Waals surface area contributed by atoms with E-state index in [1.807, 2.05) is 13.0 Å². The maximum Gasteiger partial charge on any atom is 0.249 e. The summed E-state index contributed by atoms with van der Waals surface area (Å²) in [6.07, 6.45) is 4.87. The highest BCUT2D eigenvalue weighted by Crippen LogP contribution is 2.14. The lowest BCUT2D eigenvalue weighted by Crippen LogP contribution is -2.25. The zero-order valence-corrected chi connectivity index (χ0v) is 13.5. The quantitative estimate of drug-likeness (QED) is 0.784. The number of benzene rings is 1. The van der Waals surface area contributed by atoms with Gasteiger partial charge in [0.1, 0.15) is 11.9 Å². The van der Waals surface area contributed by atoms with Crippen molar-refractivity contribution < 1.29 is 9.18 Å². The Morgan fingerprint density at radius 2 is 2.08 bits per heavy atom. The molecule has 24 heavy (non-hydrogen) atoms. The normalized spacial score (nSPS) is 12.1. The molecule has 7 heteroatoms. The van der Waals surface area contributed by atoms with Gasteiger partial charge in [-0.3, -0.25) is 14.2 Å². The van der Waals surface area contributed by atoms with Crippen LogP contribution < -0.4 is 5.32 Å². The number of nitrogens with zero attached hydrogens (tertiary/aromatic N) is 4. The van der Waals surface area contributed by atoms with Gasteiger partial charge in [0.05, 0.1) is 18.4 Å². The number of halogens is 1. The minimum atomic E-state index is -0.435. The van der Waals surface area contributed by atoms with Gasteiger partial charge in [0.25, 0.3) is 0 Å². The molecule has 1 unspecified atom stereocenters. The summed E-state index contributed by atoms with van der Waals surface area (Å²) in [6.45, 7) is 3.97. The van der Waals surface area contributed by atoms with E-state index in [2.05, 4.69) is 15.5 Å². The molecule has 1 atom stereocenters. The van der Waals surface area contributed by atoms with Gasteiger partial charge in [-0.1, -0.05) is 18.2 Å². The number of hydrogen-bond acceptors (Lipinski definition) is 3. The van der Waals surface area contributed by atoms with Crippen LogP contribution in [-0.4, -0.2) is 25.5 Å². The number of anilines is 1. The lowest BCUT2D eigenvalue weighted by molar-refractivity contribution is -0.119. The maximum absolute atomic E-state index is 13.7. The highest BCUT2D eigenvalue weighted by molar-refractivity contribution is 5.93. The first-order chi connectivity index (χ1) is 11.5. The number of carbonyl (C=O) groups is 1. The summed E-state index contributed by atoms with van der Waals surface area (Å²) in [4.78, 5) is 12.3. The predicted molar refractivity (Wildman–Crippen MR) is 88.0 cm³/mol. The third-order valence-electron chi connectivity index (χ3n) is 3.81. The Morgan fingerprint density at radius 1 is 1.29 bits per heavy atom. The molecule has 1 amide bonds. The fourth-order valence-electron chi connectivity index (χ4n) is 2.46. The Balaban J connectivity index is 1.67. The monoisotopic (exact) mass is 327 g/mol. The summed E-state index contributed by atoms with van der Waals surface area (Å²) in [6, 6.07) is 7.95. The molecule has 0 aliphatic rings. The summed E-state index contributed by atoms with van der Waals surface area (Å²) in [5, 5.41) is 11.1. The summed E-state index contributed by atoms with van der Waals surface area (Å²) in [5.74, 6) is -0.464. The van der Waals surface area contributed by atoms with Crippen LogP contribution in [-0.2, 0) is 11.3 Å². The van der Waals surface area contributed by atoms with Crippen LogP contribution in [0.2, 0.25) is 0 Å². The van der Waals surface area contributed by atoms with Crippen LogP contribution in [0.4, 0.5) is 10.1 Å². The highest BCUT2D eigenvalue weighted by Gasteiger charge is 2.17. The second-order valence-corrected chi connectivity index (χ2v) is 5.60. The van der Waals surface area contributed by atoms with Gasteiger partial charge in [-0.25, -0.2) is 4.39 Å². The molecule has 0 fully saturated rings. The van der Waals surface area contributed by atoms with E-state index in [1.165, 1.54) is 6.07 Å². The van der Waals surface area contributed by atoms with Crippen LogP contribution >= 0.6 is 0 Å². The van der Waals surface area contributed by atoms with E-state index in [-0.39, 0.29) is 11.7 Å². The largest absolute Gasteiger partial charge is 0.322 e. The molecule has 124 valence electrons. The summed E-state index contributed by atoms with van der Waals surface area (Å²) in [5.41, 5.74) is 2.01. The van der Waals surface area contributed by atoms with Gasteiger partial charge in [-0.2, -0.15) is 10.2 Å². The molecule has 0 aliphatic heterocycles. The molecule has 0 aliphatic carbocycles. The van der Waals surface area contributed by atoms with E-state index in [9.17, 15) is 9.18 Å². The van der Waals surface area contributed by atoms with E-state index in [4.69, 9.17) is 0 Å². The fraction of sp³-hybridized carbons (Fsp3) is 0.235. The Hall–Kier alpha value is -2.96. The molecule has 3 aromatic rings. The molecule has 1 N–H and O–H groups in total. The number of aromatic nitrogens is 4. The molecule has 0 saturated heterocycles. The van der Waals surface area contributed by atoms with Gasteiger partial charge in [0.2, 0.25) is 5.91 Å². The lowest BCUT2D eigenvalue weighted by atomic mass is 10.2. The Morgan fingerprint density at radius 3 is 2.79 bits per heavy atom. The molecule has 6 nitrogen and oxygen atoms in total. The molecule has 0 bridgehead atoms. The van der Waals surface area contributed by atoms with Crippen molar-refractivity contribution in [3.05, 3.63) is 66.0 Å². The van der Waals surface area contributed by atoms with E-state index < -0.39 is 6.04 Å². The molecule has 0 radical (unpaired) electrons. The molecule has 2 aromatic heterocycles.